The zero-order valence-corrected chi connectivity index (χ0v) is 9.02. The van der Waals surface area contributed by atoms with Crippen molar-refractivity contribution in [3.05, 3.63) is 6.92 Å². The topological polar surface area (TPSA) is 0 Å². The van der Waals surface area contributed by atoms with Crippen LogP contribution in [0.5, 0.6) is 0 Å². The van der Waals surface area contributed by atoms with Gasteiger partial charge in [0.25, 0.3) is 0 Å². The van der Waals surface area contributed by atoms with Crippen LogP contribution in [0.25, 0.3) is 0 Å². The average molecular weight is 253 g/mol. The monoisotopic (exact) mass is 250 g/mol. The first kappa shape index (κ1) is 9.77. The number of halogens is 2. The summed E-state index contributed by atoms with van der Waals surface area (Å²) in [6.45, 7) is 3.40. The van der Waals surface area contributed by atoms with Gasteiger partial charge in [0.2, 0.25) is 0 Å². The van der Waals surface area contributed by atoms with Crippen molar-refractivity contribution in [2.75, 3.05) is 5.33 Å². The summed E-state index contributed by atoms with van der Waals surface area (Å²) in [4.78, 5) is 0. The van der Waals surface area contributed by atoms with Gasteiger partial charge in [0.1, 0.15) is 0 Å². The third-order valence-corrected chi connectivity index (χ3v) is 0. The van der Waals surface area contributed by atoms with Crippen LogP contribution < -0.4 is 0 Å². The first-order valence-electron chi connectivity index (χ1n) is 1.03. The molecule has 0 aromatic carbocycles. The molecule has 0 amide bonds. The minimum atomic E-state index is 0.812. The first-order valence-corrected chi connectivity index (χ1v) is 9.10. The van der Waals surface area contributed by atoms with Gasteiger partial charge in [-0.2, -0.15) is 0 Å². The third-order valence-electron chi connectivity index (χ3n) is 0. The average Bonchev–Trinajstić information content (AvgIpc) is 1.46. The molecule has 0 atom stereocenters. The third kappa shape index (κ3) is 28.6. The molecule has 0 aliphatic heterocycles. The van der Waals surface area contributed by atoms with Crippen LogP contribution in [-0.2, 0) is 16.3 Å². The Labute approximate surface area is 57.9 Å². The Morgan fingerprint density at radius 3 is 1.60 bits per heavy atom. The Bertz CT molecular complexity index is 7.61. The van der Waals surface area contributed by atoms with Crippen LogP contribution >= 0.6 is 29.6 Å². The second kappa shape index (κ2) is 17.6. The molecular formula is C2H4Br2Zn. The minimum absolute atomic E-state index is 0.812. The maximum atomic E-state index is 3.40. The standard InChI is InChI=1S/C2H4Br.BrH.Zn/c1-2-3;;/h1-2H2;1H;/q-1;;+2/p-1. The van der Waals surface area contributed by atoms with E-state index in [9.17, 15) is 0 Å². The van der Waals surface area contributed by atoms with Crippen molar-refractivity contribution in [1.82, 2.24) is 0 Å². The van der Waals surface area contributed by atoms with Crippen molar-refractivity contribution in [2.24, 2.45) is 0 Å². The number of rotatable bonds is 0. The molecule has 0 rings (SSSR count). The molecule has 0 saturated carbocycles. The summed E-state index contributed by atoms with van der Waals surface area (Å²) in [6.07, 6.45) is 0. The SMILES string of the molecule is [CH2-]CBr.[Zn+][Br]. The van der Waals surface area contributed by atoms with Gasteiger partial charge in [0.05, 0.1) is 0 Å². The molecule has 0 N–H and O–H groups in total. The summed E-state index contributed by atoms with van der Waals surface area (Å²) in [5.41, 5.74) is 0. The number of hydrogen-bond acceptors (Lipinski definition) is 0. The molecular weight excluding hydrogens is 249 g/mol. The molecule has 0 aliphatic rings. The van der Waals surface area contributed by atoms with Gasteiger partial charge in [0.15, 0.2) is 0 Å². The zero-order valence-electron chi connectivity index (χ0n) is 2.88. The van der Waals surface area contributed by atoms with E-state index in [-0.39, 0.29) is 0 Å². The predicted octanol–water partition coefficient (Wildman–Crippen LogP) is 2.06. The van der Waals surface area contributed by atoms with Crippen molar-refractivity contribution in [2.45, 2.75) is 0 Å². The van der Waals surface area contributed by atoms with Gasteiger partial charge in [-0.25, -0.2) is 0 Å². The molecule has 5 heavy (non-hydrogen) atoms. The summed E-state index contributed by atoms with van der Waals surface area (Å²) < 4.78 is 0. The van der Waals surface area contributed by atoms with Crippen molar-refractivity contribution < 1.29 is 16.3 Å². The van der Waals surface area contributed by atoms with E-state index in [0.29, 0.717) is 0 Å². The summed E-state index contributed by atoms with van der Waals surface area (Å²) in [7, 11) is 0. The predicted molar refractivity (Wildman–Crippen MR) is 28.1 cm³/mol. The molecule has 0 aromatic heterocycles. The Hall–Kier alpha value is 1.58. The van der Waals surface area contributed by atoms with Crippen LogP contribution in [0, 0.1) is 6.92 Å². The van der Waals surface area contributed by atoms with Gasteiger partial charge in [-0.3, -0.25) is 0 Å². The molecule has 0 saturated heterocycles. The van der Waals surface area contributed by atoms with E-state index in [0.717, 1.165) is 5.33 Å². The molecule has 3 heteroatoms. The summed E-state index contributed by atoms with van der Waals surface area (Å²) >= 11 is 7.28. The van der Waals surface area contributed by atoms with Crippen LogP contribution in [0.1, 0.15) is 0 Å². The second-order valence-corrected chi connectivity index (χ2v) is 0.982. The van der Waals surface area contributed by atoms with E-state index in [1.807, 2.05) is 0 Å². The van der Waals surface area contributed by atoms with Crippen molar-refractivity contribution >= 4 is 29.6 Å². The molecule has 0 spiro atoms. The van der Waals surface area contributed by atoms with E-state index < -0.39 is 0 Å². The Balaban J connectivity index is 0. The van der Waals surface area contributed by atoms with E-state index in [2.05, 4.69) is 36.5 Å². The normalized spacial score (nSPS) is 5.00. The van der Waals surface area contributed by atoms with Crippen LogP contribution in [0.3, 0.4) is 0 Å². The fourth-order valence-electron chi connectivity index (χ4n) is 0. The van der Waals surface area contributed by atoms with Gasteiger partial charge >= 0.3 is 30.0 Å². The summed E-state index contributed by atoms with van der Waals surface area (Å²) in [5, 5.41) is 0.812. The van der Waals surface area contributed by atoms with Gasteiger partial charge in [0, 0.05) is 0 Å². The van der Waals surface area contributed by atoms with Gasteiger partial charge in [-0.05, 0) is 0 Å². The van der Waals surface area contributed by atoms with E-state index in [4.69, 9.17) is 0 Å². The Morgan fingerprint density at radius 1 is 1.60 bits per heavy atom. The van der Waals surface area contributed by atoms with E-state index in [1.165, 1.54) is 16.3 Å². The van der Waals surface area contributed by atoms with E-state index in [1.54, 1.807) is 0 Å². The molecule has 0 fully saturated rings. The van der Waals surface area contributed by atoms with Crippen LogP contribution in [-0.4, -0.2) is 5.33 Å². The molecule has 0 aromatic rings. The Morgan fingerprint density at radius 2 is 1.60 bits per heavy atom. The van der Waals surface area contributed by atoms with Gasteiger partial charge in [-0.1, -0.05) is 0 Å². The molecule has 0 bridgehead atoms. The van der Waals surface area contributed by atoms with E-state index >= 15 is 0 Å². The summed E-state index contributed by atoms with van der Waals surface area (Å²) in [5.74, 6) is 0. The van der Waals surface area contributed by atoms with Crippen LogP contribution in [0.2, 0.25) is 0 Å². The zero-order chi connectivity index (χ0) is 4.71. The maximum absolute atomic E-state index is 3.40. The van der Waals surface area contributed by atoms with Crippen molar-refractivity contribution in [3.8, 4) is 0 Å². The molecule has 0 nitrogen and oxygen atoms in total. The molecule has 0 radical (unpaired) electrons. The van der Waals surface area contributed by atoms with Crippen LogP contribution in [0.4, 0.5) is 0 Å². The second-order valence-electron chi connectivity index (χ2n) is 0.189. The first-order chi connectivity index (χ1) is 2.41. The molecule has 0 aliphatic carbocycles. The molecule has 0 heterocycles. The fourth-order valence-corrected chi connectivity index (χ4v) is 0. The van der Waals surface area contributed by atoms with Crippen molar-refractivity contribution in [3.63, 3.8) is 0 Å². The Kier molecular flexibility index (Phi) is 34.3. The quantitative estimate of drug-likeness (QED) is 0.352. The number of hydrogen-bond donors (Lipinski definition) is 0. The van der Waals surface area contributed by atoms with Crippen LogP contribution in [0.15, 0.2) is 0 Å². The van der Waals surface area contributed by atoms with Gasteiger partial charge < -0.3 is 6.92 Å². The molecule has 0 unspecified atom stereocenters. The number of alkyl halides is 1. The van der Waals surface area contributed by atoms with Gasteiger partial charge in [-0.15, -0.1) is 21.3 Å². The van der Waals surface area contributed by atoms with Crippen molar-refractivity contribution in [1.29, 1.82) is 0 Å². The summed E-state index contributed by atoms with van der Waals surface area (Å²) in [6, 6.07) is 0. The fraction of sp³-hybridized carbons (Fsp3) is 0.500. The molecule has 28 valence electrons.